The summed E-state index contributed by atoms with van der Waals surface area (Å²) in [4.78, 5) is 23.4. The lowest BCUT2D eigenvalue weighted by atomic mass is 9.90. The van der Waals surface area contributed by atoms with Crippen LogP contribution in [0.3, 0.4) is 0 Å². The van der Waals surface area contributed by atoms with Crippen molar-refractivity contribution in [2.24, 2.45) is 5.92 Å². The van der Waals surface area contributed by atoms with Crippen molar-refractivity contribution in [1.29, 1.82) is 0 Å². The van der Waals surface area contributed by atoms with E-state index in [1.807, 2.05) is 6.92 Å². The third-order valence-electron chi connectivity index (χ3n) is 4.51. The number of unbranched alkanes of at least 4 members (excludes halogenated alkanes) is 2. The minimum atomic E-state index is -0.200. The average molecular weight is 326 g/mol. The van der Waals surface area contributed by atoms with E-state index < -0.39 is 0 Å². The summed E-state index contributed by atoms with van der Waals surface area (Å²) in [6.07, 6.45) is 11.6. The highest BCUT2D eigenvalue weighted by molar-refractivity contribution is 5.72. The lowest BCUT2D eigenvalue weighted by Gasteiger charge is -2.21. The van der Waals surface area contributed by atoms with Crippen LogP contribution in [-0.4, -0.2) is 24.6 Å². The largest absolute Gasteiger partial charge is 0.465 e. The van der Waals surface area contributed by atoms with E-state index in [1.54, 1.807) is 0 Å². The fourth-order valence-electron chi connectivity index (χ4n) is 3.04. The van der Waals surface area contributed by atoms with Crippen LogP contribution in [0.5, 0.6) is 0 Å². The maximum atomic E-state index is 11.7. The Balaban J connectivity index is 2.01. The Morgan fingerprint density at radius 1 is 1.00 bits per heavy atom. The van der Waals surface area contributed by atoms with Crippen molar-refractivity contribution in [3.63, 3.8) is 0 Å². The number of esters is 2. The number of hydrogen-bond donors (Lipinski definition) is 0. The summed E-state index contributed by atoms with van der Waals surface area (Å²) in [5.41, 5.74) is 0. The van der Waals surface area contributed by atoms with Gasteiger partial charge in [0.15, 0.2) is 0 Å². The normalized spacial score (nSPS) is 16.8. The molecule has 0 saturated heterocycles. The summed E-state index contributed by atoms with van der Waals surface area (Å²) in [5.74, 6) is 0.162. The lowest BCUT2D eigenvalue weighted by Crippen LogP contribution is -2.17. The van der Waals surface area contributed by atoms with Gasteiger partial charge in [-0.2, -0.15) is 0 Å². The first-order valence-corrected chi connectivity index (χ1v) is 9.47. The van der Waals surface area contributed by atoms with Gasteiger partial charge in [-0.15, -0.1) is 0 Å². The van der Waals surface area contributed by atoms with E-state index in [0.29, 0.717) is 31.8 Å². The molecule has 0 aliphatic heterocycles. The topological polar surface area (TPSA) is 52.6 Å². The second-order valence-electron chi connectivity index (χ2n) is 6.84. The van der Waals surface area contributed by atoms with Crippen LogP contribution in [-0.2, 0) is 19.1 Å². The number of rotatable bonds is 11. The Morgan fingerprint density at radius 3 is 2.39 bits per heavy atom. The molecule has 23 heavy (non-hydrogen) atoms. The standard InChI is InChI=1S/C19H34O4/c1-3-4-6-10-16(2)23-19(21)14-9-13-18(20)22-15-17-11-7-5-8-12-17/h16-17H,3-15H2,1-2H3. The Kier molecular flexibility index (Phi) is 10.8. The number of carbonyl (C=O) groups is 2. The van der Waals surface area contributed by atoms with Gasteiger partial charge in [0.2, 0.25) is 0 Å². The smallest absolute Gasteiger partial charge is 0.306 e. The molecule has 1 aliphatic carbocycles. The Bertz CT molecular complexity index is 334. The van der Waals surface area contributed by atoms with Crippen LogP contribution in [0, 0.1) is 5.92 Å². The van der Waals surface area contributed by atoms with Gasteiger partial charge in [-0.1, -0.05) is 39.0 Å². The van der Waals surface area contributed by atoms with E-state index in [-0.39, 0.29) is 18.0 Å². The molecule has 4 heteroatoms. The predicted molar refractivity (Wildman–Crippen MR) is 91.1 cm³/mol. The second-order valence-corrected chi connectivity index (χ2v) is 6.84. The monoisotopic (exact) mass is 326 g/mol. The summed E-state index contributed by atoms with van der Waals surface area (Å²) >= 11 is 0. The third kappa shape index (κ3) is 10.4. The molecule has 0 bridgehead atoms. The quantitative estimate of drug-likeness (QED) is 0.404. The van der Waals surface area contributed by atoms with E-state index in [2.05, 4.69) is 6.92 Å². The third-order valence-corrected chi connectivity index (χ3v) is 4.51. The van der Waals surface area contributed by atoms with Gasteiger partial charge < -0.3 is 9.47 Å². The zero-order chi connectivity index (χ0) is 16.9. The summed E-state index contributed by atoms with van der Waals surface area (Å²) in [5, 5.41) is 0. The van der Waals surface area contributed by atoms with Crippen molar-refractivity contribution in [1.82, 2.24) is 0 Å². The SMILES string of the molecule is CCCCCC(C)OC(=O)CCCC(=O)OCC1CCCCC1. The molecule has 0 aromatic rings. The zero-order valence-corrected chi connectivity index (χ0v) is 15.0. The van der Waals surface area contributed by atoms with E-state index in [0.717, 1.165) is 12.8 Å². The lowest BCUT2D eigenvalue weighted by molar-refractivity contribution is -0.149. The Hall–Kier alpha value is -1.06. The molecular weight excluding hydrogens is 292 g/mol. The summed E-state index contributed by atoms with van der Waals surface area (Å²) in [6.45, 7) is 4.65. The first kappa shape index (κ1) is 20.0. The molecule has 0 radical (unpaired) electrons. The van der Waals surface area contributed by atoms with E-state index in [4.69, 9.17) is 9.47 Å². The van der Waals surface area contributed by atoms with Gasteiger partial charge in [0, 0.05) is 12.8 Å². The summed E-state index contributed by atoms with van der Waals surface area (Å²) < 4.78 is 10.7. The van der Waals surface area contributed by atoms with Crippen LogP contribution in [0.15, 0.2) is 0 Å². The zero-order valence-electron chi connectivity index (χ0n) is 15.0. The molecule has 1 aliphatic rings. The molecule has 1 fully saturated rings. The van der Waals surface area contributed by atoms with Crippen LogP contribution >= 0.6 is 0 Å². The minimum absolute atomic E-state index is 0.0210. The van der Waals surface area contributed by atoms with Crippen LogP contribution in [0.4, 0.5) is 0 Å². The van der Waals surface area contributed by atoms with E-state index >= 15 is 0 Å². The van der Waals surface area contributed by atoms with Crippen molar-refractivity contribution in [2.45, 2.75) is 97.0 Å². The fourth-order valence-corrected chi connectivity index (χ4v) is 3.04. The van der Waals surface area contributed by atoms with Gasteiger partial charge in [0.25, 0.3) is 0 Å². The maximum absolute atomic E-state index is 11.7. The molecule has 1 rings (SSSR count). The molecule has 0 amide bonds. The summed E-state index contributed by atoms with van der Waals surface area (Å²) in [7, 11) is 0. The molecule has 0 aromatic heterocycles. The Labute approximate surface area is 141 Å². The van der Waals surface area contributed by atoms with Crippen molar-refractivity contribution >= 4 is 11.9 Å². The molecule has 1 unspecified atom stereocenters. The molecule has 1 atom stereocenters. The molecule has 0 spiro atoms. The van der Waals surface area contributed by atoms with Gasteiger partial charge in [-0.25, -0.2) is 0 Å². The van der Waals surface area contributed by atoms with Crippen LogP contribution in [0.2, 0.25) is 0 Å². The molecule has 134 valence electrons. The van der Waals surface area contributed by atoms with Crippen LogP contribution < -0.4 is 0 Å². The highest BCUT2D eigenvalue weighted by atomic mass is 16.5. The Morgan fingerprint density at radius 2 is 1.70 bits per heavy atom. The van der Waals surface area contributed by atoms with Crippen molar-refractivity contribution in [3.8, 4) is 0 Å². The van der Waals surface area contributed by atoms with Crippen molar-refractivity contribution in [3.05, 3.63) is 0 Å². The average Bonchev–Trinajstić information content (AvgIpc) is 2.54. The minimum Gasteiger partial charge on any atom is -0.465 e. The molecule has 1 saturated carbocycles. The number of ether oxygens (including phenoxy) is 2. The van der Waals surface area contributed by atoms with E-state index in [9.17, 15) is 9.59 Å². The van der Waals surface area contributed by atoms with Gasteiger partial charge in [0.1, 0.15) is 0 Å². The first-order chi connectivity index (χ1) is 11.1. The van der Waals surface area contributed by atoms with Gasteiger partial charge in [-0.3, -0.25) is 9.59 Å². The highest BCUT2D eigenvalue weighted by Gasteiger charge is 2.16. The van der Waals surface area contributed by atoms with Gasteiger partial charge in [0.05, 0.1) is 12.7 Å². The second kappa shape index (κ2) is 12.4. The van der Waals surface area contributed by atoms with E-state index in [1.165, 1.54) is 44.9 Å². The first-order valence-electron chi connectivity index (χ1n) is 9.47. The summed E-state index contributed by atoms with van der Waals surface area (Å²) in [6, 6.07) is 0. The fraction of sp³-hybridized carbons (Fsp3) is 0.895. The highest BCUT2D eigenvalue weighted by Crippen LogP contribution is 2.23. The molecule has 0 heterocycles. The maximum Gasteiger partial charge on any atom is 0.306 e. The molecule has 0 aromatic carbocycles. The molecular formula is C19H34O4. The van der Waals surface area contributed by atoms with Crippen molar-refractivity contribution < 1.29 is 19.1 Å². The number of hydrogen-bond acceptors (Lipinski definition) is 4. The molecule has 4 nitrogen and oxygen atoms in total. The van der Waals surface area contributed by atoms with Crippen molar-refractivity contribution in [2.75, 3.05) is 6.61 Å². The van der Waals surface area contributed by atoms with Crippen LogP contribution in [0.1, 0.15) is 90.9 Å². The predicted octanol–water partition coefficient (Wildman–Crippen LogP) is 4.79. The molecule has 0 N–H and O–H groups in total. The number of carbonyl (C=O) groups excluding carboxylic acids is 2. The van der Waals surface area contributed by atoms with Gasteiger partial charge >= 0.3 is 11.9 Å². The van der Waals surface area contributed by atoms with Crippen LogP contribution in [0.25, 0.3) is 0 Å². The van der Waals surface area contributed by atoms with Gasteiger partial charge in [-0.05, 0) is 44.9 Å².